The summed E-state index contributed by atoms with van der Waals surface area (Å²) in [4.78, 5) is 26.2. The van der Waals surface area contributed by atoms with E-state index in [2.05, 4.69) is 58.6 Å². The lowest BCUT2D eigenvalue weighted by atomic mass is 10.1. The molecule has 2 aromatic heterocycles. The van der Waals surface area contributed by atoms with Crippen molar-refractivity contribution >= 4 is 28.9 Å². The summed E-state index contributed by atoms with van der Waals surface area (Å²) in [5, 5.41) is 11.1. The molecule has 2 heterocycles. The van der Waals surface area contributed by atoms with E-state index in [9.17, 15) is 4.79 Å². The molecule has 11 nitrogen and oxygen atoms in total. The lowest BCUT2D eigenvalue weighted by molar-refractivity contribution is 0.102. The van der Waals surface area contributed by atoms with Crippen LogP contribution in [0.15, 0.2) is 23.6 Å². The van der Waals surface area contributed by atoms with Crippen LogP contribution in [-0.4, -0.2) is 60.8 Å². The van der Waals surface area contributed by atoms with Gasteiger partial charge in [-0.3, -0.25) is 4.79 Å². The van der Waals surface area contributed by atoms with Gasteiger partial charge in [-0.15, -0.1) is 0 Å². The number of aromatic nitrogens is 3. The number of hydrogen-bond acceptors (Lipinski definition) is 11. The van der Waals surface area contributed by atoms with E-state index in [1.54, 1.807) is 5.38 Å². The van der Waals surface area contributed by atoms with Gasteiger partial charge in [0, 0.05) is 30.6 Å². The molecule has 1 amide bonds. The van der Waals surface area contributed by atoms with Crippen molar-refractivity contribution in [2.45, 2.75) is 47.1 Å². The SMILES string of the molecule is CCc1ccc(OCC(C)C)cc1Oc1nc(C(=O)Nc2c(OC)nc(NCCNC(C)C)nc2OC)cs1. The van der Waals surface area contributed by atoms with E-state index in [1.807, 2.05) is 25.1 Å². The highest BCUT2D eigenvalue weighted by Crippen LogP contribution is 2.34. The highest BCUT2D eigenvalue weighted by molar-refractivity contribution is 7.11. The van der Waals surface area contributed by atoms with Crippen molar-refractivity contribution in [2.24, 2.45) is 5.92 Å². The molecule has 0 saturated carbocycles. The molecule has 0 aliphatic heterocycles. The fraction of sp³-hybridized carbons (Fsp3) is 0.481. The van der Waals surface area contributed by atoms with Gasteiger partial charge < -0.3 is 34.9 Å². The number of amides is 1. The van der Waals surface area contributed by atoms with Gasteiger partial charge in [0.2, 0.25) is 17.7 Å². The maximum absolute atomic E-state index is 13.1. The lowest BCUT2D eigenvalue weighted by Crippen LogP contribution is -2.28. The van der Waals surface area contributed by atoms with E-state index < -0.39 is 5.91 Å². The maximum atomic E-state index is 13.1. The van der Waals surface area contributed by atoms with Gasteiger partial charge in [0.1, 0.15) is 17.2 Å². The molecule has 0 spiro atoms. The van der Waals surface area contributed by atoms with E-state index in [4.69, 9.17) is 18.9 Å². The number of anilines is 2. The Morgan fingerprint density at radius 3 is 2.36 bits per heavy atom. The molecule has 3 N–H and O–H groups in total. The number of carbonyl (C=O) groups is 1. The molecule has 212 valence electrons. The second-order valence-corrected chi connectivity index (χ2v) is 10.2. The standard InChI is InChI=1S/C27H38N6O5S/c1-8-18-9-10-19(37-14-16(2)3)13-21(18)38-27-30-20(15-39-27)23(34)31-22-24(35-6)32-26(33-25(22)36-7)29-12-11-28-17(4)5/h9-10,13,15-17,28H,8,11-12,14H2,1-7H3,(H,31,34)(H,29,32,33). The van der Waals surface area contributed by atoms with E-state index in [0.717, 1.165) is 24.3 Å². The van der Waals surface area contributed by atoms with Crippen molar-refractivity contribution in [1.29, 1.82) is 0 Å². The molecule has 0 bridgehead atoms. The van der Waals surface area contributed by atoms with Crippen molar-refractivity contribution in [2.75, 3.05) is 44.5 Å². The Morgan fingerprint density at radius 1 is 1.03 bits per heavy atom. The third-order valence-corrected chi connectivity index (χ3v) is 6.06. The summed E-state index contributed by atoms with van der Waals surface area (Å²) in [7, 11) is 2.92. The first-order valence-corrected chi connectivity index (χ1v) is 13.8. The van der Waals surface area contributed by atoms with Crippen LogP contribution in [0, 0.1) is 5.92 Å². The molecule has 1 aromatic carbocycles. The molecule has 3 aromatic rings. The summed E-state index contributed by atoms with van der Waals surface area (Å²) in [5.74, 6) is 1.93. The number of nitrogens with one attached hydrogen (secondary N) is 3. The number of thiazole rings is 1. The quantitative estimate of drug-likeness (QED) is 0.219. The Labute approximate surface area is 233 Å². The van der Waals surface area contributed by atoms with E-state index in [1.165, 1.54) is 25.6 Å². The van der Waals surface area contributed by atoms with Gasteiger partial charge in [0.05, 0.1) is 20.8 Å². The molecule has 0 unspecified atom stereocenters. The van der Waals surface area contributed by atoms with Gasteiger partial charge in [-0.2, -0.15) is 15.0 Å². The van der Waals surface area contributed by atoms with Gasteiger partial charge >= 0.3 is 0 Å². The molecule has 0 saturated heterocycles. The van der Waals surface area contributed by atoms with E-state index in [0.29, 0.717) is 42.0 Å². The average Bonchev–Trinajstić information content (AvgIpc) is 3.39. The van der Waals surface area contributed by atoms with E-state index >= 15 is 0 Å². The number of nitrogens with zero attached hydrogens (tertiary/aromatic N) is 3. The zero-order valence-electron chi connectivity index (χ0n) is 23.6. The summed E-state index contributed by atoms with van der Waals surface area (Å²) in [5.41, 5.74) is 1.38. The highest BCUT2D eigenvalue weighted by Gasteiger charge is 2.21. The lowest BCUT2D eigenvalue weighted by Gasteiger charge is -2.14. The molecule has 39 heavy (non-hydrogen) atoms. The van der Waals surface area contributed by atoms with Crippen molar-refractivity contribution < 1.29 is 23.7 Å². The molecule has 12 heteroatoms. The normalized spacial score (nSPS) is 11.0. The first-order chi connectivity index (χ1) is 18.7. The number of rotatable bonds is 15. The van der Waals surface area contributed by atoms with Crippen LogP contribution in [0.1, 0.15) is 50.7 Å². The van der Waals surface area contributed by atoms with Crippen LogP contribution < -0.4 is 34.9 Å². The van der Waals surface area contributed by atoms with Crippen LogP contribution in [0.2, 0.25) is 0 Å². The van der Waals surface area contributed by atoms with Gasteiger partial charge in [0.25, 0.3) is 11.1 Å². The fourth-order valence-electron chi connectivity index (χ4n) is 3.39. The number of hydrogen-bond donors (Lipinski definition) is 3. The molecular formula is C27H38N6O5S. The largest absolute Gasteiger partial charge is 0.493 e. The topological polar surface area (TPSA) is 129 Å². The number of aryl methyl sites for hydroxylation is 1. The van der Waals surface area contributed by atoms with Crippen molar-refractivity contribution in [3.05, 3.63) is 34.8 Å². The Hall–Kier alpha value is -3.64. The summed E-state index contributed by atoms with van der Waals surface area (Å²) in [6.07, 6.45) is 0.775. The predicted octanol–water partition coefficient (Wildman–Crippen LogP) is 5.00. The van der Waals surface area contributed by atoms with Crippen LogP contribution in [0.4, 0.5) is 11.6 Å². The van der Waals surface area contributed by atoms with Crippen LogP contribution in [0.5, 0.6) is 28.5 Å². The molecule has 0 atom stereocenters. The molecule has 3 rings (SSSR count). The van der Waals surface area contributed by atoms with Crippen LogP contribution in [0.25, 0.3) is 0 Å². The van der Waals surface area contributed by atoms with Gasteiger partial charge in [0.15, 0.2) is 5.69 Å². The monoisotopic (exact) mass is 558 g/mol. The highest BCUT2D eigenvalue weighted by atomic mass is 32.1. The zero-order valence-corrected chi connectivity index (χ0v) is 24.4. The predicted molar refractivity (Wildman–Crippen MR) is 153 cm³/mol. The Morgan fingerprint density at radius 2 is 1.74 bits per heavy atom. The second-order valence-electron chi connectivity index (χ2n) is 9.36. The average molecular weight is 559 g/mol. The Bertz CT molecular complexity index is 1210. The van der Waals surface area contributed by atoms with Gasteiger partial charge in [-0.05, 0) is 24.0 Å². The number of carbonyl (C=O) groups excluding carboxylic acids is 1. The number of benzene rings is 1. The minimum absolute atomic E-state index is 0.159. The van der Waals surface area contributed by atoms with Crippen molar-refractivity contribution in [3.63, 3.8) is 0 Å². The summed E-state index contributed by atoms with van der Waals surface area (Å²) in [6.45, 7) is 12.3. The minimum Gasteiger partial charge on any atom is -0.493 e. The summed E-state index contributed by atoms with van der Waals surface area (Å²) >= 11 is 1.22. The second kappa shape index (κ2) is 14.5. The summed E-state index contributed by atoms with van der Waals surface area (Å²) < 4.78 is 22.7. The molecule has 0 radical (unpaired) electrons. The maximum Gasteiger partial charge on any atom is 0.279 e. The Balaban J connectivity index is 1.73. The number of methoxy groups -OCH3 is 2. The molecule has 0 aliphatic carbocycles. The van der Waals surface area contributed by atoms with E-state index in [-0.39, 0.29) is 23.1 Å². The minimum atomic E-state index is -0.479. The third-order valence-electron chi connectivity index (χ3n) is 5.34. The van der Waals surface area contributed by atoms with Crippen LogP contribution in [0.3, 0.4) is 0 Å². The van der Waals surface area contributed by atoms with Crippen molar-refractivity contribution in [1.82, 2.24) is 20.3 Å². The van der Waals surface area contributed by atoms with Crippen LogP contribution >= 0.6 is 11.3 Å². The molecular weight excluding hydrogens is 520 g/mol. The zero-order chi connectivity index (χ0) is 28.4. The van der Waals surface area contributed by atoms with Crippen molar-refractivity contribution in [3.8, 4) is 28.5 Å². The molecule has 0 fully saturated rings. The first kappa shape index (κ1) is 29.9. The summed E-state index contributed by atoms with van der Waals surface area (Å²) in [6, 6.07) is 6.13. The smallest absolute Gasteiger partial charge is 0.279 e. The first-order valence-electron chi connectivity index (χ1n) is 12.9. The Kier molecular flexibility index (Phi) is 11.1. The van der Waals surface area contributed by atoms with Crippen LogP contribution in [-0.2, 0) is 6.42 Å². The van der Waals surface area contributed by atoms with Gasteiger partial charge in [-0.1, -0.05) is 52.0 Å². The molecule has 0 aliphatic rings. The fourth-order valence-corrected chi connectivity index (χ4v) is 4.05. The number of ether oxygens (including phenoxy) is 4. The van der Waals surface area contributed by atoms with Gasteiger partial charge in [-0.25, -0.2) is 0 Å². The third kappa shape index (κ3) is 8.69.